The average molecular weight is 661 g/mol. The summed E-state index contributed by atoms with van der Waals surface area (Å²) in [6.45, 7) is 0. The predicted molar refractivity (Wildman–Crippen MR) is 213 cm³/mol. The molecular weight excluding hydrogens is 633 g/mol. The number of thiazole rings is 1. The maximum Gasteiger partial charge on any atom is 0.124 e. The molecule has 0 atom stereocenters. The highest BCUT2D eigenvalue weighted by Crippen LogP contribution is 2.43. The van der Waals surface area contributed by atoms with Crippen LogP contribution in [0.2, 0.25) is 0 Å². The number of hydrogen-bond acceptors (Lipinski definition) is 4. The minimum Gasteiger partial charge on any atom is -0.310 e. The normalized spacial score (nSPS) is 11.7. The van der Waals surface area contributed by atoms with Gasteiger partial charge in [-0.25, -0.2) is 4.98 Å². The molecule has 0 saturated carbocycles. The summed E-state index contributed by atoms with van der Waals surface area (Å²) < 4.78 is 3.81. The second-order valence-corrected chi connectivity index (χ2v) is 14.5. The molecule has 10 rings (SSSR count). The van der Waals surface area contributed by atoms with Gasteiger partial charge in [0.05, 0.1) is 10.2 Å². The van der Waals surface area contributed by atoms with E-state index in [2.05, 4.69) is 175 Å². The summed E-state index contributed by atoms with van der Waals surface area (Å²) >= 11 is 3.62. The number of hydrogen-bond donors (Lipinski definition) is 0. The first-order chi connectivity index (χ1) is 24.2. The van der Waals surface area contributed by atoms with E-state index < -0.39 is 0 Å². The number of fused-ring (bicyclic) bond motifs is 7. The van der Waals surface area contributed by atoms with E-state index in [0.29, 0.717) is 0 Å². The largest absolute Gasteiger partial charge is 0.310 e. The Labute approximate surface area is 291 Å². The molecule has 0 saturated heterocycles. The maximum absolute atomic E-state index is 5.02. The van der Waals surface area contributed by atoms with E-state index in [-0.39, 0.29) is 0 Å². The van der Waals surface area contributed by atoms with Crippen molar-refractivity contribution in [1.29, 1.82) is 0 Å². The van der Waals surface area contributed by atoms with Crippen LogP contribution in [0.1, 0.15) is 0 Å². The van der Waals surface area contributed by atoms with Crippen molar-refractivity contribution in [3.63, 3.8) is 0 Å². The van der Waals surface area contributed by atoms with Crippen molar-refractivity contribution in [2.45, 2.75) is 0 Å². The Hall–Kier alpha value is -5.81. The Balaban J connectivity index is 1.15. The van der Waals surface area contributed by atoms with Gasteiger partial charge in [0.15, 0.2) is 0 Å². The van der Waals surface area contributed by atoms with Crippen molar-refractivity contribution >= 4 is 91.7 Å². The second kappa shape index (κ2) is 11.4. The predicted octanol–water partition coefficient (Wildman–Crippen LogP) is 13.8. The van der Waals surface area contributed by atoms with Crippen molar-refractivity contribution in [2.24, 2.45) is 0 Å². The molecule has 0 unspecified atom stereocenters. The molecule has 0 N–H and O–H groups in total. The number of aromatic nitrogens is 1. The lowest BCUT2D eigenvalue weighted by Gasteiger charge is -2.26. The van der Waals surface area contributed by atoms with E-state index in [1.54, 1.807) is 11.3 Å². The number of anilines is 3. The van der Waals surface area contributed by atoms with Crippen LogP contribution in [-0.4, -0.2) is 4.98 Å². The maximum atomic E-state index is 5.02. The van der Waals surface area contributed by atoms with Gasteiger partial charge in [-0.1, -0.05) is 115 Å². The molecule has 49 heavy (non-hydrogen) atoms. The summed E-state index contributed by atoms with van der Waals surface area (Å²) in [6.07, 6.45) is 0. The monoisotopic (exact) mass is 660 g/mol. The molecule has 0 radical (unpaired) electrons. The van der Waals surface area contributed by atoms with Crippen LogP contribution >= 0.6 is 22.7 Å². The molecule has 0 bridgehead atoms. The summed E-state index contributed by atoms with van der Waals surface area (Å²) in [5.41, 5.74) is 8.02. The van der Waals surface area contributed by atoms with Crippen molar-refractivity contribution in [1.82, 2.24) is 4.98 Å². The molecule has 4 heteroatoms. The van der Waals surface area contributed by atoms with Gasteiger partial charge in [0.1, 0.15) is 5.01 Å². The molecule has 2 nitrogen and oxygen atoms in total. The van der Waals surface area contributed by atoms with Crippen molar-refractivity contribution < 1.29 is 0 Å². The highest BCUT2D eigenvalue weighted by Gasteiger charge is 2.17. The zero-order valence-electron chi connectivity index (χ0n) is 26.4. The Morgan fingerprint density at radius 3 is 1.82 bits per heavy atom. The van der Waals surface area contributed by atoms with Gasteiger partial charge in [0, 0.05) is 42.8 Å². The van der Waals surface area contributed by atoms with E-state index in [9.17, 15) is 0 Å². The lowest BCUT2D eigenvalue weighted by atomic mass is 10.00. The van der Waals surface area contributed by atoms with Gasteiger partial charge in [-0.2, -0.15) is 0 Å². The molecule has 0 spiro atoms. The molecule has 2 aromatic heterocycles. The van der Waals surface area contributed by atoms with Crippen LogP contribution in [0.5, 0.6) is 0 Å². The molecule has 0 aliphatic rings. The van der Waals surface area contributed by atoms with E-state index in [1.165, 1.54) is 57.5 Å². The lowest BCUT2D eigenvalue weighted by Crippen LogP contribution is -2.09. The SMILES string of the molecule is c1ccc(-c2ccc(N(c3ccc4c(c3)sc3ccccc34)c3ccc4ccc5cc6nc(-c7ccccc7)sc6cc5c4c3)cc2)cc1. The Kier molecular flexibility index (Phi) is 6.57. The molecule has 0 amide bonds. The molecule has 8 aromatic carbocycles. The Bertz CT molecular complexity index is 2820. The fourth-order valence-corrected chi connectivity index (χ4v) is 9.17. The summed E-state index contributed by atoms with van der Waals surface area (Å²) in [4.78, 5) is 7.42. The molecule has 0 aliphatic heterocycles. The molecular formula is C45H28N2S2. The fraction of sp³-hybridized carbons (Fsp3) is 0. The number of nitrogens with zero attached hydrogens (tertiary/aromatic N) is 2. The molecule has 230 valence electrons. The molecule has 2 heterocycles. The van der Waals surface area contributed by atoms with Crippen LogP contribution in [0.25, 0.3) is 73.6 Å². The van der Waals surface area contributed by atoms with Crippen LogP contribution in [0, 0.1) is 0 Å². The highest BCUT2D eigenvalue weighted by molar-refractivity contribution is 7.25. The zero-order valence-corrected chi connectivity index (χ0v) is 28.0. The van der Waals surface area contributed by atoms with E-state index in [1.807, 2.05) is 11.3 Å². The quantitative estimate of drug-likeness (QED) is 0.171. The summed E-state index contributed by atoms with van der Waals surface area (Å²) in [5, 5.41) is 8.58. The van der Waals surface area contributed by atoms with Crippen LogP contribution in [-0.2, 0) is 0 Å². The van der Waals surface area contributed by atoms with Gasteiger partial charge in [-0.15, -0.1) is 22.7 Å². The number of benzene rings is 8. The van der Waals surface area contributed by atoms with Gasteiger partial charge in [-0.3, -0.25) is 0 Å². The van der Waals surface area contributed by atoms with Crippen LogP contribution in [0.15, 0.2) is 170 Å². The van der Waals surface area contributed by atoms with Gasteiger partial charge >= 0.3 is 0 Å². The van der Waals surface area contributed by atoms with E-state index in [0.717, 1.165) is 33.1 Å². The summed E-state index contributed by atoms with van der Waals surface area (Å²) in [5.74, 6) is 0. The first-order valence-corrected chi connectivity index (χ1v) is 18.1. The molecule has 10 aromatic rings. The summed E-state index contributed by atoms with van der Waals surface area (Å²) in [6, 6.07) is 61.6. The van der Waals surface area contributed by atoms with Crippen LogP contribution in [0.3, 0.4) is 0 Å². The highest BCUT2D eigenvalue weighted by atomic mass is 32.1. The van der Waals surface area contributed by atoms with Crippen molar-refractivity contribution in [2.75, 3.05) is 4.90 Å². The van der Waals surface area contributed by atoms with Crippen molar-refractivity contribution in [3.05, 3.63) is 170 Å². The molecule has 0 fully saturated rings. The van der Waals surface area contributed by atoms with Crippen LogP contribution < -0.4 is 4.90 Å². The number of rotatable bonds is 5. The topological polar surface area (TPSA) is 16.1 Å². The zero-order chi connectivity index (χ0) is 32.3. The van der Waals surface area contributed by atoms with Gasteiger partial charge in [0.25, 0.3) is 0 Å². The standard InChI is InChI=1S/C45H28N2S2/c1-3-9-29(10-4-1)30-17-20-34(21-18-30)47(36-23-24-38-37-13-7-8-14-42(37)48-43(38)27-36)35-22-19-31-15-16-33-25-41-44(28-40(33)39(31)26-35)49-45(46-41)32-11-5-2-6-12-32/h1-28H. The third kappa shape index (κ3) is 4.88. The summed E-state index contributed by atoms with van der Waals surface area (Å²) in [7, 11) is 0. The fourth-order valence-electron chi connectivity index (χ4n) is 7.04. The van der Waals surface area contributed by atoms with Crippen molar-refractivity contribution in [3.8, 4) is 21.7 Å². The smallest absolute Gasteiger partial charge is 0.124 e. The van der Waals surface area contributed by atoms with Gasteiger partial charge in [0.2, 0.25) is 0 Å². The minimum atomic E-state index is 1.05. The third-order valence-corrected chi connectivity index (χ3v) is 11.7. The number of thiophene rings is 1. The average Bonchev–Trinajstić information content (AvgIpc) is 3.76. The second-order valence-electron chi connectivity index (χ2n) is 12.4. The lowest BCUT2D eigenvalue weighted by molar-refractivity contribution is 1.30. The Morgan fingerprint density at radius 1 is 0.367 bits per heavy atom. The third-order valence-electron chi connectivity index (χ3n) is 9.46. The first kappa shape index (κ1) is 28.2. The first-order valence-electron chi connectivity index (χ1n) is 16.4. The Morgan fingerprint density at radius 2 is 0.980 bits per heavy atom. The van der Waals surface area contributed by atoms with Crippen LogP contribution in [0.4, 0.5) is 17.1 Å². The van der Waals surface area contributed by atoms with Gasteiger partial charge < -0.3 is 4.90 Å². The van der Waals surface area contributed by atoms with E-state index in [4.69, 9.17) is 4.98 Å². The minimum absolute atomic E-state index is 1.05. The van der Waals surface area contributed by atoms with E-state index >= 15 is 0 Å². The van der Waals surface area contributed by atoms with Gasteiger partial charge in [-0.05, 0) is 87.3 Å². The molecule has 0 aliphatic carbocycles.